The number of primary amides is 1. The lowest BCUT2D eigenvalue weighted by atomic mass is 9.95. The molecule has 0 aliphatic rings. The number of benzene rings is 1. The molecule has 4 N–H and O–H groups in total. The zero-order valence-corrected chi connectivity index (χ0v) is 20.5. The second kappa shape index (κ2) is 17.5. The van der Waals surface area contributed by atoms with Crippen molar-refractivity contribution in [3.05, 3.63) is 23.8 Å². The van der Waals surface area contributed by atoms with Crippen molar-refractivity contribution in [2.75, 3.05) is 5.32 Å². The summed E-state index contributed by atoms with van der Waals surface area (Å²) < 4.78 is 0. The van der Waals surface area contributed by atoms with E-state index in [2.05, 4.69) is 12.2 Å². The molecule has 0 saturated heterocycles. The number of carbonyl (C=O) groups is 2. The number of amides is 2. The number of hydrogen-bond acceptors (Lipinski definition) is 3. The minimum Gasteiger partial charge on any atom is -0.506 e. The van der Waals surface area contributed by atoms with E-state index >= 15 is 0 Å². The summed E-state index contributed by atoms with van der Waals surface area (Å²) in [6.45, 7) is 4.15. The molecule has 0 aliphatic heterocycles. The predicted molar refractivity (Wildman–Crippen MR) is 134 cm³/mol. The summed E-state index contributed by atoms with van der Waals surface area (Å²) in [5.74, 6) is -1.15. The highest BCUT2D eigenvalue weighted by Gasteiger charge is 2.21. The Morgan fingerprint density at radius 2 is 1.38 bits per heavy atom. The lowest BCUT2D eigenvalue weighted by Crippen LogP contribution is -2.27. The Kier molecular flexibility index (Phi) is 15.3. The van der Waals surface area contributed by atoms with Crippen LogP contribution in [0.1, 0.15) is 115 Å². The van der Waals surface area contributed by atoms with Gasteiger partial charge in [0.25, 0.3) is 0 Å². The van der Waals surface area contributed by atoms with Crippen LogP contribution in [-0.4, -0.2) is 16.9 Å². The molecule has 0 fully saturated rings. The quantitative estimate of drug-likeness (QED) is 0.158. The molecule has 0 saturated carbocycles. The molecule has 182 valence electrons. The Balaban J connectivity index is 2.17. The van der Waals surface area contributed by atoms with E-state index in [0.717, 1.165) is 18.4 Å². The van der Waals surface area contributed by atoms with Gasteiger partial charge >= 0.3 is 0 Å². The van der Waals surface area contributed by atoms with Gasteiger partial charge in [0.15, 0.2) is 0 Å². The highest BCUT2D eigenvalue weighted by atomic mass is 16.3. The number of hydrogen-bond donors (Lipinski definition) is 3. The van der Waals surface area contributed by atoms with Gasteiger partial charge in [0.1, 0.15) is 5.75 Å². The van der Waals surface area contributed by atoms with Crippen molar-refractivity contribution >= 4 is 17.5 Å². The molecule has 5 heteroatoms. The van der Waals surface area contributed by atoms with E-state index in [1.807, 2.05) is 6.92 Å². The van der Waals surface area contributed by atoms with Gasteiger partial charge in [-0.3, -0.25) is 9.59 Å². The normalized spacial score (nSPS) is 11.9. The Morgan fingerprint density at radius 1 is 0.875 bits per heavy atom. The molecule has 0 aromatic heterocycles. The first-order valence-electron chi connectivity index (χ1n) is 12.8. The number of nitrogens with two attached hydrogens (primary N) is 1. The summed E-state index contributed by atoms with van der Waals surface area (Å²) in [5, 5.41) is 12.7. The maximum absolute atomic E-state index is 12.6. The minimum atomic E-state index is -0.469. The predicted octanol–water partition coefficient (Wildman–Crippen LogP) is 7.00. The van der Waals surface area contributed by atoms with Crippen molar-refractivity contribution in [3.63, 3.8) is 0 Å². The molecule has 1 unspecified atom stereocenters. The van der Waals surface area contributed by atoms with Gasteiger partial charge in [0.05, 0.1) is 5.69 Å². The monoisotopic (exact) mass is 446 g/mol. The lowest BCUT2D eigenvalue weighted by Gasteiger charge is -2.16. The number of unbranched alkanes of at least 4 members (excludes halogenated alkanes) is 13. The number of anilines is 1. The van der Waals surface area contributed by atoms with Crippen molar-refractivity contribution in [1.82, 2.24) is 0 Å². The van der Waals surface area contributed by atoms with Gasteiger partial charge in [-0.1, -0.05) is 103 Å². The second-order valence-corrected chi connectivity index (χ2v) is 9.26. The Morgan fingerprint density at radius 3 is 1.88 bits per heavy atom. The fourth-order valence-electron chi connectivity index (χ4n) is 4.14. The van der Waals surface area contributed by atoms with E-state index in [0.29, 0.717) is 12.1 Å². The number of phenolic OH excluding ortho intramolecular Hbond substituents is 1. The van der Waals surface area contributed by atoms with Gasteiger partial charge < -0.3 is 16.2 Å². The Hall–Kier alpha value is -2.04. The maximum Gasteiger partial charge on any atom is 0.228 e. The fraction of sp³-hybridized carbons (Fsp3) is 0.704. The summed E-state index contributed by atoms with van der Waals surface area (Å²) in [7, 11) is 0. The number of rotatable bonds is 19. The number of phenols is 1. The van der Waals surface area contributed by atoms with Crippen LogP contribution in [0.3, 0.4) is 0 Å². The molecule has 0 spiro atoms. The van der Waals surface area contributed by atoms with Crippen LogP contribution in [0.5, 0.6) is 5.75 Å². The first-order chi connectivity index (χ1) is 15.4. The van der Waals surface area contributed by atoms with Crippen LogP contribution < -0.4 is 11.1 Å². The van der Waals surface area contributed by atoms with E-state index in [-0.39, 0.29) is 18.1 Å². The van der Waals surface area contributed by atoms with E-state index in [9.17, 15) is 14.7 Å². The first-order valence-corrected chi connectivity index (χ1v) is 12.8. The molecular weight excluding hydrogens is 400 g/mol. The molecule has 1 aromatic carbocycles. The van der Waals surface area contributed by atoms with Crippen LogP contribution in [-0.2, 0) is 9.59 Å². The van der Waals surface area contributed by atoms with Gasteiger partial charge in [-0.25, -0.2) is 0 Å². The number of aromatic hydroxyl groups is 1. The van der Waals surface area contributed by atoms with Crippen molar-refractivity contribution in [1.29, 1.82) is 0 Å². The largest absolute Gasteiger partial charge is 0.506 e. The third-order valence-corrected chi connectivity index (χ3v) is 6.13. The lowest BCUT2D eigenvalue weighted by molar-refractivity contribution is -0.126. The zero-order valence-electron chi connectivity index (χ0n) is 20.5. The molecule has 0 heterocycles. The number of carbonyl (C=O) groups excluding carboxylic acids is 2. The van der Waals surface area contributed by atoms with Gasteiger partial charge in [0, 0.05) is 12.3 Å². The van der Waals surface area contributed by atoms with Gasteiger partial charge in [-0.15, -0.1) is 0 Å². The highest BCUT2D eigenvalue weighted by molar-refractivity contribution is 5.96. The summed E-state index contributed by atoms with van der Waals surface area (Å²) in [6, 6.07) is 5.06. The van der Waals surface area contributed by atoms with E-state index in [1.54, 1.807) is 18.2 Å². The number of aryl methyl sites for hydroxylation is 1. The zero-order chi connectivity index (χ0) is 23.6. The number of nitrogens with one attached hydrogen (secondary N) is 1. The third-order valence-electron chi connectivity index (χ3n) is 6.13. The Bertz CT molecular complexity index is 660. The molecule has 0 aliphatic carbocycles. The van der Waals surface area contributed by atoms with E-state index in [1.165, 1.54) is 77.0 Å². The Labute approximate surface area is 195 Å². The molecule has 0 radical (unpaired) electrons. The smallest absolute Gasteiger partial charge is 0.228 e. The van der Waals surface area contributed by atoms with Crippen molar-refractivity contribution in [3.8, 4) is 5.75 Å². The summed E-state index contributed by atoms with van der Waals surface area (Å²) in [5.41, 5.74) is 6.68. The topological polar surface area (TPSA) is 92.4 Å². The van der Waals surface area contributed by atoms with E-state index in [4.69, 9.17) is 5.73 Å². The summed E-state index contributed by atoms with van der Waals surface area (Å²) >= 11 is 0. The van der Waals surface area contributed by atoms with Gasteiger partial charge in [0.2, 0.25) is 11.8 Å². The molecule has 0 bridgehead atoms. The average molecular weight is 447 g/mol. The first kappa shape index (κ1) is 28.0. The molecular formula is C27H46N2O3. The molecule has 32 heavy (non-hydrogen) atoms. The fourth-order valence-corrected chi connectivity index (χ4v) is 4.14. The van der Waals surface area contributed by atoms with Crippen molar-refractivity contribution < 1.29 is 14.7 Å². The van der Waals surface area contributed by atoms with Gasteiger partial charge in [-0.05, 0) is 31.0 Å². The summed E-state index contributed by atoms with van der Waals surface area (Å²) in [4.78, 5) is 24.1. The van der Waals surface area contributed by atoms with Crippen LogP contribution in [0.2, 0.25) is 0 Å². The highest BCUT2D eigenvalue weighted by Crippen LogP contribution is 2.26. The van der Waals surface area contributed by atoms with Crippen LogP contribution in [0.15, 0.2) is 18.2 Å². The molecule has 1 rings (SSSR count). The van der Waals surface area contributed by atoms with Crippen molar-refractivity contribution in [2.45, 2.75) is 117 Å². The average Bonchev–Trinajstić information content (AvgIpc) is 2.75. The van der Waals surface area contributed by atoms with Crippen LogP contribution in [0.25, 0.3) is 0 Å². The van der Waals surface area contributed by atoms with Crippen molar-refractivity contribution in [2.24, 2.45) is 11.7 Å². The minimum absolute atomic E-state index is 0.0262. The molecule has 2 amide bonds. The SMILES string of the molecule is CCCCCCCCCCCCCCCCC(CC(N)=O)C(=O)Nc1cc(C)ccc1O. The standard InChI is InChI=1S/C27H46N2O3/c1-3-4-5-6-7-8-9-10-11-12-13-14-15-16-17-23(21-26(28)31)27(32)29-24-20-22(2)18-19-25(24)30/h18-20,23,30H,3-17,21H2,1-2H3,(H2,28,31)(H,29,32). The van der Waals surface area contributed by atoms with Crippen LogP contribution in [0, 0.1) is 12.8 Å². The maximum atomic E-state index is 12.6. The van der Waals surface area contributed by atoms with Crippen LogP contribution >= 0.6 is 0 Å². The second-order valence-electron chi connectivity index (χ2n) is 9.26. The van der Waals surface area contributed by atoms with Crippen LogP contribution in [0.4, 0.5) is 5.69 Å². The third kappa shape index (κ3) is 13.4. The molecule has 1 aromatic rings. The van der Waals surface area contributed by atoms with Gasteiger partial charge in [-0.2, -0.15) is 0 Å². The summed E-state index contributed by atoms with van der Waals surface area (Å²) in [6.07, 6.45) is 18.6. The molecule has 1 atom stereocenters. The molecule has 5 nitrogen and oxygen atoms in total. The van der Waals surface area contributed by atoms with E-state index < -0.39 is 11.8 Å².